The summed E-state index contributed by atoms with van der Waals surface area (Å²) in [6, 6.07) is 9.27. The van der Waals surface area contributed by atoms with Gasteiger partial charge in [0.25, 0.3) is 0 Å². The van der Waals surface area contributed by atoms with E-state index in [1.807, 2.05) is 18.2 Å². The highest BCUT2D eigenvalue weighted by atomic mass is 28.3. The second-order valence-corrected chi connectivity index (χ2v) is 11.6. The van der Waals surface area contributed by atoms with Gasteiger partial charge in [-0.2, -0.15) is 0 Å². The molecule has 2 aromatic rings. The third kappa shape index (κ3) is 3.37. The second kappa shape index (κ2) is 5.16. The van der Waals surface area contributed by atoms with Gasteiger partial charge in [-0.15, -0.1) is 0 Å². The van der Waals surface area contributed by atoms with Gasteiger partial charge in [-0.05, 0) is 29.6 Å². The Labute approximate surface area is 110 Å². The van der Waals surface area contributed by atoms with Crippen LogP contribution in [0.25, 0.3) is 10.9 Å². The molecule has 2 N–H and O–H groups in total. The minimum atomic E-state index is -0.996. The Hall–Kier alpha value is -1.26. The maximum atomic E-state index is 5.82. The van der Waals surface area contributed by atoms with Gasteiger partial charge in [-0.3, -0.25) is 0 Å². The highest BCUT2D eigenvalue weighted by Crippen LogP contribution is 2.19. The summed E-state index contributed by atoms with van der Waals surface area (Å²) in [7, 11) is -0.996. The molecule has 0 aliphatic carbocycles. The van der Waals surface area contributed by atoms with Crippen LogP contribution in [-0.4, -0.2) is 19.2 Å². The average molecular weight is 262 g/mol. The maximum absolute atomic E-state index is 5.82. The van der Waals surface area contributed by atoms with Gasteiger partial charge in [0.1, 0.15) is 6.73 Å². The third-order valence-corrected chi connectivity index (χ3v) is 4.73. The molecule has 1 heterocycles. The molecule has 0 radical (unpaired) electrons. The van der Waals surface area contributed by atoms with Crippen LogP contribution in [0.15, 0.2) is 30.5 Å². The van der Waals surface area contributed by atoms with Crippen molar-refractivity contribution < 1.29 is 4.74 Å². The molecule has 3 nitrogen and oxygen atoms in total. The lowest BCUT2D eigenvalue weighted by molar-refractivity contribution is 0.0902. The fourth-order valence-electron chi connectivity index (χ4n) is 1.85. The van der Waals surface area contributed by atoms with Crippen LogP contribution in [0.3, 0.4) is 0 Å². The van der Waals surface area contributed by atoms with Gasteiger partial charge in [0.15, 0.2) is 0 Å². The first-order valence-corrected chi connectivity index (χ1v) is 10.1. The van der Waals surface area contributed by atoms with Crippen molar-refractivity contribution in [3.05, 3.63) is 30.5 Å². The van der Waals surface area contributed by atoms with E-state index in [1.54, 1.807) is 0 Å². The van der Waals surface area contributed by atoms with E-state index in [0.717, 1.165) is 17.8 Å². The molecule has 1 aromatic heterocycles. The van der Waals surface area contributed by atoms with Crippen LogP contribution in [0.5, 0.6) is 0 Å². The van der Waals surface area contributed by atoms with Gasteiger partial charge in [0.2, 0.25) is 0 Å². The van der Waals surface area contributed by atoms with E-state index in [4.69, 9.17) is 10.5 Å². The lowest BCUT2D eigenvalue weighted by Crippen LogP contribution is -2.21. The van der Waals surface area contributed by atoms with E-state index in [1.165, 1.54) is 11.4 Å². The van der Waals surface area contributed by atoms with Crippen LogP contribution >= 0.6 is 0 Å². The third-order valence-electron chi connectivity index (χ3n) is 3.02. The Morgan fingerprint density at radius 1 is 1.22 bits per heavy atom. The Balaban J connectivity index is 1.98. The quantitative estimate of drug-likeness (QED) is 0.508. The molecular formula is C14H22N2OSi. The van der Waals surface area contributed by atoms with Crippen molar-refractivity contribution in [3.8, 4) is 0 Å². The number of ether oxygens (including phenoxy) is 1. The second-order valence-electron chi connectivity index (χ2n) is 5.95. The molecule has 4 heteroatoms. The predicted molar refractivity (Wildman–Crippen MR) is 80.5 cm³/mol. The largest absolute Gasteiger partial charge is 0.399 e. The van der Waals surface area contributed by atoms with Gasteiger partial charge in [-0.1, -0.05) is 25.7 Å². The smallest absolute Gasteiger partial charge is 0.122 e. The molecule has 0 atom stereocenters. The molecule has 0 spiro atoms. The van der Waals surface area contributed by atoms with Gasteiger partial charge < -0.3 is 15.0 Å². The van der Waals surface area contributed by atoms with E-state index in [-0.39, 0.29) is 0 Å². The van der Waals surface area contributed by atoms with Crippen molar-refractivity contribution in [2.24, 2.45) is 0 Å². The van der Waals surface area contributed by atoms with Crippen molar-refractivity contribution in [2.45, 2.75) is 32.4 Å². The van der Waals surface area contributed by atoms with Crippen LogP contribution in [0.1, 0.15) is 0 Å². The molecule has 2 rings (SSSR count). The Bertz CT molecular complexity index is 528. The van der Waals surface area contributed by atoms with Gasteiger partial charge in [0.05, 0.1) is 5.52 Å². The lowest BCUT2D eigenvalue weighted by atomic mass is 10.2. The minimum Gasteiger partial charge on any atom is -0.399 e. The molecule has 0 aliphatic heterocycles. The Morgan fingerprint density at radius 2 is 2.00 bits per heavy atom. The van der Waals surface area contributed by atoms with Gasteiger partial charge in [-0.25, -0.2) is 0 Å². The number of nitrogens with two attached hydrogens (primary N) is 1. The molecule has 0 amide bonds. The van der Waals surface area contributed by atoms with Crippen LogP contribution in [0.2, 0.25) is 25.7 Å². The molecule has 0 saturated heterocycles. The molecule has 0 fully saturated rings. The number of rotatable bonds is 5. The number of fused-ring (bicyclic) bond motifs is 1. The van der Waals surface area contributed by atoms with Crippen LogP contribution in [0, 0.1) is 0 Å². The topological polar surface area (TPSA) is 40.2 Å². The molecule has 0 saturated carbocycles. The monoisotopic (exact) mass is 262 g/mol. The number of benzene rings is 1. The molecule has 98 valence electrons. The Kier molecular flexibility index (Phi) is 3.78. The van der Waals surface area contributed by atoms with Crippen LogP contribution in [0.4, 0.5) is 5.69 Å². The van der Waals surface area contributed by atoms with Crippen molar-refractivity contribution in [1.29, 1.82) is 0 Å². The SMILES string of the molecule is C[Si](C)(C)CCOCn1ccc2ccc(N)cc21. The number of nitrogen functional groups attached to an aromatic ring is 1. The number of anilines is 1. The summed E-state index contributed by atoms with van der Waals surface area (Å²) in [4.78, 5) is 0. The Morgan fingerprint density at radius 3 is 2.72 bits per heavy atom. The van der Waals surface area contributed by atoms with Crippen LogP contribution in [-0.2, 0) is 11.5 Å². The average Bonchev–Trinajstić information content (AvgIpc) is 2.66. The highest BCUT2D eigenvalue weighted by molar-refractivity contribution is 6.76. The lowest BCUT2D eigenvalue weighted by Gasteiger charge is -2.15. The summed E-state index contributed by atoms with van der Waals surface area (Å²) in [5.41, 5.74) is 7.75. The first-order valence-electron chi connectivity index (χ1n) is 6.38. The van der Waals surface area contributed by atoms with Crippen LogP contribution < -0.4 is 5.73 Å². The number of aromatic nitrogens is 1. The molecule has 18 heavy (non-hydrogen) atoms. The van der Waals surface area contributed by atoms with Crippen molar-refractivity contribution in [2.75, 3.05) is 12.3 Å². The normalized spacial score (nSPS) is 12.2. The molecule has 0 unspecified atom stereocenters. The molecule has 1 aromatic carbocycles. The fraction of sp³-hybridized carbons (Fsp3) is 0.429. The van der Waals surface area contributed by atoms with E-state index < -0.39 is 8.07 Å². The standard InChI is InChI=1S/C14H22N2OSi/c1-18(2,3)9-8-17-11-16-7-6-12-4-5-13(15)10-14(12)16/h4-7,10H,8-9,11,15H2,1-3H3. The number of nitrogens with zero attached hydrogens (tertiary/aromatic N) is 1. The van der Waals surface area contributed by atoms with Crippen molar-refractivity contribution in [1.82, 2.24) is 4.57 Å². The first kappa shape index (κ1) is 13.2. The van der Waals surface area contributed by atoms with Gasteiger partial charge in [0, 0.05) is 26.6 Å². The number of hydrogen-bond donors (Lipinski definition) is 1. The minimum absolute atomic E-state index is 0.609. The zero-order chi connectivity index (χ0) is 13.2. The van der Waals surface area contributed by atoms with E-state index in [2.05, 4.69) is 36.5 Å². The van der Waals surface area contributed by atoms with Gasteiger partial charge >= 0.3 is 0 Å². The van der Waals surface area contributed by atoms with Crippen molar-refractivity contribution >= 4 is 24.7 Å². The summed E-state index contributed by atoms with van der Waals surface area (Å²) in [5.74, 6) is 0. The zero-order valence-electron chi connectivity index (χ0n) is 11.4. The fourth-order valence-corrected chi connectivity index (χ4v) is 2.61. The maximum Gasteiger partial charge on any atom is 0.122 e. The number of hydrogen-bond acceptors (Lipinski definition) is 2. The summed E-state index contributed by atoms with van der Waals surface area (Å²) >= 11 is 0. The summed E-state index contributed by atoms with van der Waals surface area (Å²) in [6.45, 7) is 8.54. The molecule has 0 bridgehead atoms. The first-order chi connectivity index (χ1) is 8.46. The summed E-state index contributed by atoms with van der Waals surface area (Å²) in [5, 5.41) is 1.21. The zero-order valence-corrected chi connectivity index (χ0v) is 12.4. The summed E-state index contributed by atoms with van der Waals surface area (Å²) < 4.78 is 7.87. The van der Waals surface area contributed by atoms with E-state index in [0.29, 0.717) is 6.73 Å². The predicted octanol–water partition coefficient (Wildman–Crippen LogP) is 3.54. The molecule has 0 aliphatic rings. The van der Waals surface area contributed by atoms with E-state index >= 15 is 0 Å². The highest BCUT2D eigenvalue weighted by Gasteiger charge is 2.12. The van der Waals surface area contributed by atoms with Crippen molar-refractivity contribution in [3.63, 3.8) is 0 Å². The molecular weight excluding hydrogens is 240 g/mol. The summed E-state index contributed by atoms with van der Waals surface area (Å²) in [6.07, 6.45) is 2.05. The van der Waals surface area contributed by atoms with E-state index in [9.17, 15) is 0 Å².